The molecule has 0 bridgehead atoms. The van der Waals surface area contributed by atoms with Crippen LogP contribution in [0.15, 0.2) is 23.7 Å². The topological polar surface area (TPSA) is 80.6 Å². The van der Waals surface area contributed by atoms with Crippen molar-refractivity contribution < 1.29 is 18.8 Å². The second-order valence-electron chi connectivity index (χ2n) is 9.01. The maximum Gasteiger partial charge on any atom is 0.492 e. The van der Waals surface area contributed by atoms with Crippen molar-refractivity contribution in [3.63, 3.8) is 0 Å². The van der Waals surface area contributed by atoms with Crippen molar-refractivity contribution in [2.45, 2.75) is 65.3 Å². The first-order valence-corrected chi connectivity index (χ1v) is 9.84. The van der Waals surface area contributed by atoms with Gasteiger partial charge in [0.05, 0.1) is 21.8 Å². The minimum absolute atomic E-state index is 0.170. The quantitative estimate of drug-likeness (QED) is 0.714. The van der Waals surface area contributed by atoms with Gasteiger partial charge in [-0.1, -0.05) is 23.7 Å². The van der Waals surface area contributed by atoms with E-state index in [1.54, 1.807) is 39.0 Å². The summed E-state index contributed by atoms with van der Waals surface area (Å²) in [4.78, 5) is 12.1. The lowest BCUT2D eigenvalue weighted by Crippen LogP contribution is -2.41. The van der Waals surface area contributed by atoms with Crippen molar-refractivity contribution in [1.82, 2.24) is 5.32 Å². The summed E-state index contributed by atoms with van der Waals surface area (Å²) in [6.45, 7) is 13.4. The molecule has 0 unspecified atom stereocenters. The van der Waals surface area contributed by atoms with Crippen LogP contribution in [-0.4, -0.2) is 36.6 Å². The molecule has 1 aromatic rings. The van der Waals surface area contributed by atoms with Gasteiger partial charge in [0.25, 0.3) is 0 Å². The Morgan fingerprint density at radius 2 is 1.86 bits per heavy atom. The van der Waals surface area contributed by atoms with Gasteiger partial charge in [0.1, 0.15) is 11.7 Å². The van der Waals surface area contributed by atoms with E-state index in [-0.39, 0.29) is 6.54 Å². The van der Waals surface area contributed by atoms with Gasteiger partial charge in [0.15, 0.2) is 0 Å². The van der Waals surface area contributed by atoms with Crippen LogP contribution in [0.4, 0.5) is 4.79 Å². The number of benzene rings is 1. The molecule has 0 aliphatic carbocycles. The van der Waals surface area contributed by atoms with Crippen LogP contribution in [0, 0.1) is 11.3 Å². The summed E-state index contributed by atoms with van der Waals surface area (Å²) in [7, 11) is -0.649. The molecule has 6 nitrogen and oxygen atoms in total. The molecule has 0 radical (unpaired) electrons. The van der Waals surface area contributed by atoms with Gasteiger partial charge in [0, 0.05) is 6.54 Å². The van der Waals surface area contributed by atoms with Crippen LogP contribution in [0.25, 0.3) is 6.08 Å². The maximum atomic E-state index is 12.1. The number of amides is 1. The Balaban J connectivity index is 2.30. The van der Waals surface area contributed by atoms with E-state index in [2.05, 4.69) is 5.32 Å². The highest BCUT2D eigenvalue weighted by Crippen LogP contribution is 2.38. The number of carbonyl (C=O) groups excluding carboxylic acids is 1. The van der Waals surface area contributed by atoms with Crippen LogP contribution in [-0.2, 0) is 14.0 Å². The number of nitrogens with zero attached hydrogens (tertiary/aromatic N) is 1. The number of hydrogen-bond acceptors (Lipinski definition) is 5. The Morgan fingerprint density at radius 3 is 2.34 bits per heavy atom. The maximum absolute atomic E-state index is 12.1. The van der Waals surface area contributed by atoms with E-state index in [1.165, 1.54) is 0 Å². The number of carbonyl (C=O) groups is 1. The summed E-state index contributed by atoms with van der Waals surface area (Å²) >= 11 is 6.16. The van der Waals surface area contributed by atoms with Crippen LogP contribution in [0.1, 0.15) is 59.6 Å². The molecule has 1 aliphatic heterocycles. The monoisotopic (exact) mass is 418 g/mol. The molecule has 0 saturated carbocycles. The molecule has 1 heterocycles. The van der Waals surface area contributed by atoms with E-state index in [1.807, 2.05) is 39.8 Å². The zero-order valence-electron chi connectivity index (χ0n) is 18.1. The number of hydrogen-bond donors (Lipinski definition) is 1. The molecule has 1 aromatic carbocycles. The van der Waals surface area contributed by atoms with Gasteiger partial charge in [-0.2, -0.15) is 5.26 Å². The van der Waals surface area contributed by atoms with Gasteiger partial charge in [0.2, 0.25) is 0 Å². The second kappa shape index (κ2) is 8.39. The highest BCUT2D eigenvalue weighted by molar-refractivity contribution is 6.56. The SMILES string of the molecule is CC(C)(C)OC(=O)NCC(=Cc1ccc(C#N)c(Cl)c1)B1OC(C)(C)C(C)(C)O1. The van der Waals surface area contributed by atoms with E-state index in [9.17, 15) is 4.79 Å². The van der Waals surface area contributed by atoms with E-state index in [0.717, 1.165) is 5.56 Å². The molecule has 2 rings (SSSR count). The Kier molecular flexibility index (Phi) is 6.73. The lowest BCUT2D eigenvalue weighted by atomic mass is 9.77. The zero-order valence-corrected chi connectivity index (χ0v) is 18.8. The van der Waals surface area contributed by atoms with Gasteiger partial charge in [-0.15, -0.1) is 0 Å². The van der Waals surface area contributed by atoms with Crippen LogP contribution in [0.5, 0.6) is 0 Å². The van der Waals surface area contributed by atoms with Gasteiger partial charge < -0.3 is 19.4 Å². The predicted molar refractivity (Wildman–Crippen MR) is 114 cm³/mol. The van der Waals surface area contributed by atoms with E-state index < -0.39 is 30.0 Å². The number of alkyl carbamates (subject to hydrolysis) is 1. The summed E-state index contributed by atoms with van der Waals surface area (Å²) in [6.07, 6.45) is 1.31. The van der Waals surface area contributed by atoms with Gasteiger partial charge in [-0.05, 0) is 71.6 Å². The average molecular weight is 419 g/mol. The summed E-state index contributed by atoms with van der Waals surface area (Å²) in [6, 6.07) is 7.16. The summed E-state index contributed by atoms with van der Waals surface area (Å²) in [5.74, 6) is 0. The van der Waals surface area contributed by atoms with E-state index >= 15 is 0 Å². The van der Waals surface area contributed by atoms with E-state index in [4.69, 9.17) is 30.9 Å². The standard InChI is InChI=1S/C21H28BClN2O4/c1-19(2,3)27-18(26)25-13-16(22-28-20(4,5)21(6,7)29-22)10-14-8-9-15(12-24)17(23)11-14/h8-11H,13H2,1-7H3,(H,25,26). The Labute approximate surface area is 178 Å². The fourth-order valence-electron chi connectivity index (χ4n) is 2.61. The first-order valence-electron chi connectivity index (χ1n) is 9.47. The summed E-state index contributed by atoms with van der Waals surface area (Å²) in [5.41, 5.74) is 0.224. The molecule has 156 valence electrons. The molecule has 1 aliphatic rings. The number of rotatable bonds is 4. The fraction of sp³-hybridized carbons (Fsp3) is 0.524. The minimum Gasteiger partial charge on any atom is -0.444 e. The molecule has 8 heteroatoms. The van der Waals surface area contributed by atoms with Crippen LogP contribution < -0.4 is 5.32 Å². The number of nitriles is 1. The molecule has 29 heavy (non-hydrogen) atoms. The van der Waals surface area contributed by atoms with E-state index in [0.29, 0.717) is 16.1 Å². The van der Waals surface area contributed by atoms with Crippen LogP contribution >= 0.6 is 11.6 Å². The van der Waals surface area contributed by atoms with Crippen molar-refractivity contribution in [3.8, 4) is 6.07 Å². The molecule has 0 atom stereocenters. The Bertz CT molecular complexity index is 837. The lowest BCUT2D eigenvalue weighted by Gasteiger charge is -2.32. The third-order valence-electron chi connectivity index (χ3n) is 4.86. The Hall–Kier alpha value is -2.01. The van der Waals surface area contributed by atoms with Crippen LogP contribution in [0.2, 0.25) is 5.02 Å². The molecular weight excluding hydrogens is 391 g/mol. The number of nitrogens with one attached hydrogen (secondary N) is 1. The van der Waals surface area contributed by atoms with Crippen molar-refractivity contribution in [3.05, 3.63) is 39.8 Å². The molecule has 0 spiro atoms. The van der Waals surface area contributed by atoms with Crippen molar-refractivity contribution in [2.75, 3.05) is 6.54 Å². The second-order valence-corrected chi connectivity index (χ2v) is 9.42. The molecular formula is C21H28BClN2O4. The average Bonchev–Trinajstić information content (AvgIpc) is 2.77. The smallest absolute Gasteiger partial charge is 0.444 e. The number of ether oxygens (including phenoxy) is 1. The third kappa shape index (κ3) is 5.99. The summed E-state index contributed by atoms with van der Waals surface area (Å²) < 4.78 is 17.6. The van der Waals surface area contributed by atoms with Crippen molar-refractivity contribution in [1.29, 1.82) is 5.26 Å². The first kappa shape index (κ1) is 23.3. The molecule has 1 N–H and O–H groups in total. The van der Waals surface area contributed by atoms with Gasteiger partial charge in [-0.25, -0.2) is 4.79 Å². The zero-order chi connectivity index (χ0) is 22.0. The Morgan fingerprint density at radius 1 is 1.28 bits per heavy atom. The highest BCUT2D eigenvalue weighted by Gasteiger charge is 2.52. The fourth-order valence-corrected chi connectivity index (χ4v) is 2.84. The lowest BCUT2D eigenvalue weighted by molar-refractivity contribution is 0.00578. The molecule has 1 saturated heterocycles. The van der Waals surface area contributed by atoms with Crippen LogP contribution in [0.3, 0.4) is 0 Å². The predicted octanol–water partition coefficient (Wildman–Crippen LogP) is 4.75. The molecule has 1 fully saturated rings. The van der Waals surface area contributed by atoms with Gasteiger partial charge in [-0.3, -0.25) is 0 Å². The molecule has 0 aromatic heterocycles. The summed E-state index contributed by atoms with van der Waals surface area (Å²) in [5, 5.41) is 12.2. The minimum atomic E-state index is -0.649. The highest BCUT2D eigenvalue weighted by atomic mass is 35.5. The first-order chi connectivity index (χ1) is 13.2. The van der Waals surface area contributed by atoms with Crippen molar-refractivity contribution in [2.24, 2.45) is 0 Å². The molecule has 1 amide bonds. The largest absolute Gasteiger partial charge is 0.492 e. The third-order valence-corrected chi connectivity index (χ3v) is 5.17. The van der Waals surface area contributed by atoms with Gasteiger partial charge >= 0.3 is 13.2 Å². The normalized spacial score (nSPS) is 18.3. The van der Waals surface area contributed by atoms with Crippen molar-refractivity contribution >= 4 is 30.9 Å². The number of halogens is 1.